The first-order chi connectivity index (χ1) is 11.5. The van der Waals surface area contributed by atoms with Crippen molar-refractivity contribution in [1.82, 2.24) is 4.57 Å². The lowest BCUT2D eigenvalue weighted by molar-refractivity contribution is 0.103. The SMILES string of the molecule is Cn1c(-c2ccccc2)cc(O)c(C(=O)c2ccc(F)cc2)c1=O. The molecule has 3 aromatic rings. The van der Waals surface area contributed by atoms with Crippen molar-refractivity contribution in [2.75, 3.05) is 0 Å². The zero-order valence-electron chi connectivity index (χ0n) is 12.9. The second-order valence-electron chi connectivity index (χ2n) is 5.36. The molecule has 0 aliphatic carbocycles. The molecule has 3 rings (SSSR count). The average molecular weight is 323 g/mol. The molecule has 4 nitrogen and oxygen atoms in total. The van der Waals surface area contributed by atoms with Crippen LogP contribution >= 0.6 is 0 Å². The summed E-state index contributed by atoms with van der Waals surface area (Å²) in [6.45, 7) is 0. The van der Waals surface area contributed by atoms with Crippen LogP contribution in [-0.4, -0.2) is 15.5 Å². The maximum atomic E-state index is 13.0. The summed E-state index contributed by atoms with van der Waals surface area (Å²) in [6.07, 6.45) is 0. The third kappa shape index (κ3) is 2.72. The van der Waals surface area contributed by atoms with Crippen LogP contribution in [0.25, 0.3) is 11.3 Å². The summed E-state index contributed by atoms with van der Waals surface area (Å²) in [6, 6.07) is 15.3. The van der Waals surface area contributed by atoms with Crippen LogP contribution in [-0.2, 0) is 7.05 Å². The molecule has 0 saturated heterocycles. The van der Waals surface area contributed by atoms with Crippen molar-refractivity contribution in [3.63, 3.8) is 0 Å². The molecule has 1 aromatic heterocycles. The topological polar surface area (TPSA) is 59.3 Å². The van der Waals surface area contributed by atoms with Gasteiger partial charge >= 0.3 is 0 Å². The summed E-state index contributed by atoms with van der Waals surface area (Å²) in [5, 5.41) is 10.2. The standard InChI is InChI=1S/C19H14FNO3/c1-21-15(12-5-3-2-4-6-12)11-16(22)17(19(21)24)18(23)13-7-9-14(20)10-8-13/h2-11,22H,1H3. The third-order valence-corrected chi connectivity index (χ3v) is 3.81. The van der Waals surface area contributed by atoms with E-state index in [1.807, 2.05) is 18.2 Å². The molecule has 5 heteroatoms. The number of carbonyl (C=O) groups is 1. The molecule has 0 fully saturated rings. The maximum Gasteiger partial charge on any atom is 0.265 e. The van der Waals surface area contributed by atoms with Crippen LogP contribution in [0.4, 0.5) is 4.39 Å². The van der Waals surface area contributed by atoms with E-state index in [2.05, 4.69) is 0 Å². The van der Waals surface area contributed by atoms with Gasteiger partial charge in [-0.2, -0.15) is 0 Å². The summed E-state index contributed by atoms with van der Waals surface area (Å²) in [5.41, 5.74) is 0.435. The van der Waals surface area contributed by atoms with Crippen LogP contribution in [0.3, 0.4) is 0 Å². The number of ketones is 1. The van der Waals surface area contributed by atoms with Gasteiger partial charge in [-0.3, -0.25) is 9.59 Å². The normalized spacial score (nSPS) is 10.6. The molecular weight excluding hydrogens is 309 g/mol. The number of benzene rings is 2. The molecule has 1 N–H and O–H groups in total. The number of carbonyl (C=O) groups excluding carboxylic acids is 1. The minimum absolute atomic E-state index is 0.135. The molecule has 0 aliphatic heterocycles. The van der Waals surface area contributed by atoms with Gasteiger partial charge in [0.1, 0.15) is 17.1 Å². The molecule has 0 unspecified atom stereocenters. The third-order valence-electron chi connectivity index (χ3n) is 3.81. The van der Waals surface area contributed by atoms with Gasteiger partial charge in [-0.05, 0) is 29.8 Å². The lowest BCUT2D eigenvalue weighted by atomic mass is 10.0. The summed E-state index contributed by atoms with van der Waals surface area (Å²) in [7, 11) is 1.53. The summed E-state index contributed by atoms with van der Waals surface area (Å²) in [4.78, 5) is 25.1. The highest BCUT2D eigenvalue weighted by molar-refractivity contribution is 6.10. The summed E-state index contributed by atoms with van der Waals surface area (Å²) < 4.78 is 14.3. The van der Waals surface area contributed by atoms with Crippen molar-refractivity contribution < 1.29 is 14.3 Å². The maximum absolute atomic E-state index is 13.0. The lowest BCUT2D eigenvalue weighted by Crippen LogP contribution is -2.26. The highest BCUT2D eigenvalue weighted by Gasteiger charge is 2.21. The van der Waals surface area contributed by atoms with Gasteiger partial charge in [-0.15, -0.1) is 0 Å². The van der Waals surface area contributed by atoms with E-state index in [0.29, 0.717) is 5.69 Å². The number of nitrogens with zero attached hydrogens (tertiary/aromatic N) is 1. The Hall–Kier alpha value is -3.21. The molecular formula is C19H14FNO3. The van der Waals surface area contributed by atoms with Crippen molar-refractivity contribution >= 4 is 5.78 Å². The van der Waals surface area contributed by atoms with E-state index < -0.39 is 22.9 Å². The molecule has 0 atom stereocenters. The van der Waals surface area contributed by atoms with Crippen LogP contribution in [0.2, 0.25) is 0 Å². The number of hydrogen-bond donors (Lipinski definition) is 1. The Morgan fingerprint density at radius 3 is 2.29 bits per heavy atom. The first kappa shape index (κ1) is 15.7. The number of hydrogen-bond acceptors (Lipinski definition) is 3. The van der Waals surface area contributed by atoms with Crippen molar-refractivity contribution in [1.29, 1.82) is 0 Å². The van der Waals surface area contributed by atoms with E-state index in [1.165, 1.54) is 29.8 Å². The number of halogens is 1. The van der Waals surface area contributed by atoms with Gasteiger partial charge in [0.05, 0.1) is 5.69 Å². The van der Waals surface area contributed by atoms with E-state index in [4.69, 9.17) is 0 Å². The quantitative estimate of drug-likeness (QED) is 0.753. The first-order valence-corrected chi connectivity index (χ1v) is 7.27. The van der Waals surface area contributed by atoms with Gasteiger partial charge in [-0.25, -0.2) is 4.39 Å². The Balaban J connectivity index is 2.14. The molecule has 0 spiro atoms. The Labute approximate surface area is 137 Å². The lowest BCUT2D eigenvalue weighted by Gasteiger charge is -2.12. The van der Waals surface area contributed by atoms with Gasteiger partial charge in [0.25, 0.3) is 5.56 Å². The zero-order chi connectivity index (χ0) is 17.3. The Morgan fingerprint density at radius 2 is 1.67 bits per heavy atom. The number of rotatable bonds is 3. The van der Waals surface area contributed by atoms with Crippen molar-refractivity contribution in [2.45, 2.75) is 0 Å². The average Bonchev–Trinajstić information content (AvgIpc) is 2.59. The number of aromatic nitrogens is 1. The van der Waals surface area contributed by atoms with E-state index in [1.54, 1.807) is 12.1 Å². The van der Waals surface area contributed by atoms with Gasteiger partial charge < -0.3 is 9.67 Å². The fourth-order valence-corrected chi connectivity index (χ4v) is 2.53. The fraction of sp³-hybridized carbons (Fsp3) is 0.0526. The molecule has 24 heavy (non-hydrogen) atoms. The van der Waals surface area contributed by atoms with E-state index in [0.717, 1.165) is 17.7 Å². The molecule has 0 saturated carbocycles. The molecule has 0 aliphatic rings. The van der Waals surface area contributed by atoms with E-state index in [-0.39, 0.29) is 11.1 Å². The van der Waals surface area contributed by atoms with Gasteiger partial charge in [0.15, 0.2) is 0 Å². The van der Waals surface area contributed by atoms with Crippen LogP contribution in [0.5, 0.6) is 5.75 Å². The fourth-order valence-electron chi connectivity index (χ4n) is 2.53. The predicted molar refractivity (Wildman–Crippen MR) is 88.6 cm³/mol. The minimum Gasteiger partial charge on any atom is -0.507 e. The second-order valence-corrected chi connectivity index (χ2v) is 5.36. The molecule has 0 amide bonds. The van der Waals surface area contributed by atoms with Crippen molar-refractivity contribution in [2.24, 2.45) is 7.05 Å². The molecule has 2 aromatic carbocycles. The van der Waals surface area contributed by atoms with Crippen LogP contribution in [0.15, 0.2) is 65.5 Å². The molecule has 1 heterocycles. The number of aromatic hydroxyl groups is 1. The summed E-state index contributed by atoms with van der Waals surface area (Å²) >= 11 is 0. The largest absolute Gasteiger partial charge is 0.507 e. The van der Waals surface area contributed by atoms with E-state index in [9.17, 15) is 19.1 Å². The smallest absolute Gasteiger partial charge is 0.265 e. The number of pyridine rings is 1. The predicted octanol–water partition coefficient (Wildman–Crippen LogP) is 3.13. The van der Waals surface area contributed by atoms with Crippen LogP contribution in [0, 0.1) is 5.82 Å². The van der Waals surface area contributed by atoms with Crippen molar-refractivity contribution in [3.05, 3.63) is 88.0 Å². The highest BCUT2D eigenvalue weighted by Crippen LogP contribution is 2.25. The first-order valence-electron chi connectivity index (χ1n) is 7.27. The molecule has 0 bridgehead atoms. The minimum atomic E-state index is -0.646. The van der Waals surface area contributed by atoms with Gasteiger partial charge in [0, 0.05) is 18.7 Å². The van der Waals surface area contributed by atoms with Crippen molar-refractivity contribution in [3.8, 4) is 17.0 Å². The van der Waals surface area contributed by atoms with Gasteiger partial charge in [-0.1, -0.05) is 30.3 Å². The Morgan fingerprint density at radius 1 is 1.04 bits per heavy atom. The summed E-state index contributed by atoms with van der Waals surface area (Å²) in [5.74, 6) is -1.53. The monoisotopic (exact) mass is 323 g/mol. The Kier molecular flexibility index (Phi) is 4.00. The zero-order valence-corrected chi connectivity index (χ0v) is 12.9. The molecule has 120 valence electrons. The molecule has 0 radical (unpaired) electrons. The van der Waals surface area contributed by atoms with Gasteiger partial charge in [0.2, 0.25) is 5.78 Å². The van der Waals surface area contributed by atoms with Crippen LogP contribution in [0.1, 0.15) is 15.9 Å². The highest BCUT2D eigenvalue weighted by atomic mass is 19.1. The van der Waals surface area contributed by atoms with E-state index >= 15 is 0 Å². The van der Waals surface area contributed by atoms with Crippen LogP contribution < -0.4 is 5.56 Å². The second kappa shape index (κ2) is 6.12. The Bertz CT molecular complexity index is 960.